The molecule has 3 atom stereocenters. The second-order valence-electron chi connectivity index (χ2n) is 5.53. The molecular formula is C15H19NO4S. The minimum atomic E-state index is -0.949. The fourth-order valence-corrected chi connectivity index (χ4v) is 4.27. The highest BCUT2D eigenvalue weighted by Gasteiger charge is 2.42. The molecule has 0 radical (unpaired) electrons. The Morgan fingerprint density at radius 3 is 3.05 bits per heavy atom. The predicted molar refractivity (Wildman–Crippen MR) is 78.3 cm³/mol. The third kappa shape index (κ3) is 2.46. The summed E-state index contributed by atoms with van der Waals surface area (Å²) in [5, 5.41) is 11.5. The Kier molecular flexibility index (Phi) is 3.99. The molecule has 0 spiro atoms. The Morgan fingerprint density at radius 2 is 2.33 bits per heavy atom. The van der Waals surface area contributed by atoms with Crippen LogP contribution in [0.3, 0.4) is 0 Å². The van der Waals surface area contributed by atoms with Crippen molar-refractivity contribution in [2.45, 2.75) is 38.3 Å². The normalized spacial score (nSPS) is 28.4. The zero-order valence-corrected chi connectivity index (χ0v) is 12.8. The summed E-state index contributed by atoms with van der Waals surface area (Å²) in [6.45, 7) is 3.07. The van der Waals surface area contributed by atoms with Crippen molar-refractivity contribution in [3.8, 4) is 0 Å². The van der Waals surface area contributed by atoms with Crippen molar-refractivity contribution in [2.75, 3.05) is 13.2 Å². The van der Waals surface area contributed by atoms with E-state index in [2.05, 4.69) is 0 Å². The van der Waals surface area contributed by atoms with Gasteiger partial charge >= 0.3 is 5.97 Å². The van der Waals surface area contributed by atoms with Crippen molar-refractivity contribution in [3.63, 3.8) is 0 Å². The Morgan fingerprint density at radius 1 is 1.52 bits per heavy atom. The molecule has 6 heteroatoms. The summed E-state index contributed by atoms with van der Waals surface area (Å²) in [5.41, 5.74) is 0.777. The fourth-order valence-electron chi connectivity index (χ4n) is 3.37. The number of hydrogen-bond donors (Lipinski definition) is 1. The molecular weight excluding hydrogens is 290 g/mol. The molecule has 1 fully saturated rings. The molecule has 114 valence electrons. The first kappa shape index (κ1) is 14.5. The second-order valence-corrected chi connectivity index (χ2v) is 6.53. The van der Waals surface area contributed by atoms with Gasteiger partial charge in [0.1, 0.15) is 0 Å². The van der Waals surface area contributed by atoms with Gasteiger partial charge in [-0.3, -0.25) is 4.79 Å². The number of rotatable bonds is 3. The highest BCUT2D eigenvalue weighted by molar-refractivity contribution is 7.10. The molecule has 2 aliphatic heterocycles. The number of fused-ring (bicyclic) bond motifs is 1. The van der Waals surface area contributed by atoms with Crippen LogP contribution in [-0.2, 0) is 20.7 Å². The predicted octanol–water partition coefficient (Wildman–Crippen LogP) is 2.07. The highest BCUT2D eigenvalue weighted by atomic mass is 32.1. The van der Waals surface area contributed by atoms with Crippen molar-refractivity contribution >= 4 is 23.2 Å². The molecule has 0 saturated carbocycles. The lowest BCUT2D eigenvalue weighted by atomic mass is 9.93. The minimum Gasteiger partial charge on any atom is -0.479 e. The summed E-state index contributed by atoms with van der Waals surface area (Å²) in [7, 11) is 0. The monoisotopic (exact) mass is 309 g/mol. The lowest BCUT2D eigenvalue weighted by Gasteiger charge is -2.35. The van der Waals surface area contributed by atoms with Gasteiger partial charge in [-0.25, -0.2) is 4.79 Å². The summed E-state index contributed by atoms with van der Waals surface area (Å²) >= 11 is 1.57. The number of nitrogens with zero attached hydrogens (tertiary/aromatic N) is 1. The Hall–Kier alpha value is -1.40. The van der Waals surface area contributed by atoms with E-state index in [4.69, 9.17) is 4.74 Å². The van der Waals surface area contributed by atoms with E-state index in [1.54, 1.807) is 16.2 Å². The zero-order valence-electron chi connectivity index (χ0n) is 11.9. The number of carboxylic acid groups (broad SMARTS) is 1. The molecule has 1 amide bonds. The number of carboxylic acids is 1. The molecule has 1 aromatic rings. The first-order chi connectivity index (χ1) is 10.1. The van der Waals surface area contributed by atoms with Crippen LogP contribution in [0.25, 0.3) is 0 Å². The molecule has 1 aromatic heterocycles. The van der Waals surface area contributed by atoms with Crippen molar-refractivity contribution in [2.24, 2.45) is 5.92 Å². The first-order valence-corrected chi connectivity index (χ1v) is 8.22. The summed E-state index contributed by atoms with van der Waals surface area (Å²) in [5.74, 6) is -1.21. The van der Waals surface area contributed by atoms with Crippen molar-refractivity contribution in [1.29, 1.82) is 0 Å². The van der Waals surface area contributed by atoms with Gasteiger partial charge in [0.15, 0.2) is 6.04 Å². The van der Waals surface area contributed by atoms with Crippen molar-refractivity contribution in [1.82, 2.24) is 4.90 Å². The summed E-state index contributed by atoms with van der Waals surface area (Å²) in [6, 6.07) is 0.992. The molecule has 0 bridgehead atoms. The molecule has 3 rings (SSSR count). The number of carbonyl (C=O) groups excluding carboxylic acids is 1. The van der Waals surface area contributed by atoms with Crippen molar-refractivity contribution < 1.29 is 19.4 Å². The van der Waals surface area contributed by atoms with Crippen LogP contribution < -0.4 is 0 Å². The number of amides is 1. The Balaban J connectivity index is 1.87. The van der Waals surface area contributed by atoms with E-state index in [0.717, 1.165) is 23.3 Å². The average Bonchev–Trinajstić information content (AvgIpc) is 3.13. The number of ether oxygens (including phenoxy) is 1. The number of thiophene rings is 1. The van der Waals surface area contributed by atoms with Crippen LogP contribution in [0.2, 0.25) is 0 Å². The maximum absolute atomic E-state index is 12.8. The Labute approximate surface area is 127 Å². The van der Waals surface area contributed by atoms with Crippen LogP contribution in [0.1, 0.15) is 36.2 Å². The van der Waals surface area contributed by atoms with Gasteiger partial charge in [0.2, 0.25) is 5.91 Å². The molecule has 1 saturated heterocycles. The van der Waals surface area contributed by atoms with Gasteiger partial charge in [-0.1, -0.05) is 6.92 Å². The standard InChI is InChI=1S/C15H19NO4S/c1-2-11-9(4-7-20-11)14(17)16-6-3-12-10(5-8-21-12)13(16)15(18)19/h5,8-9,11,13H,2-4,6-7H2,1H3,(H,18,19). The third-order valence-electron chi connectivity index (χ3n) is 4.41. The lowest BCUT2D eigenvalue weighted by Crippen LogP contribution is -2.47. The molecule has 3 unspecified atom stereocenters. The largest absolute Gasteiger partial charge is 0.479 e. The van der Waals surface area contributed by atoms with Crippen LogP contribution >= 0.6 is 11.3 Å². The van der Waals surface area contributed by atoms with Gasteiger partial charge in [0.25, 0.3) is 0 Å². The molecule has 2 aliphatic rings. The summed E-state index contributed by atoms with van der Waals surface area (Å²) < 4.78 is 5.58. The maximum atomic E-state index is 12.8. The van der Waals surface area contributed by atoms with E-state index < -0.39 is 12.0 Å². The molecule has 0 aromatic carbocycles. The van der Waals surface area contributed by atoms with Crippen molar-refractivity contribution in [3.05, 3.63) is 21.9 Å². The smallest absolute Gasteiger partial charge is 0.331 e. The molecule has 3 heterocycles. The van der Waals surface area contributed by atoms with E-state index in [1.165, 1.54) is 0 Å². The average molecular weight is 309 g/mol. The van der Waals surface area contributed by atoms with E-state index >= 15 is 0 Å². The van der Waals surface area contributed by atoms with Crippen LogP contribution in [0.15, 0.2) is 11.4 Å². The second kappa shape index (κ2) is 5.77. The molecule has 1 N–H and O–H groups in total. The third-order valence-corrected chi connectivity index (χ3v) is 5.41. The number of carbonyl (C=O) groups is 2. The van der Waals surface area contributed by atoms with Gasteiger partial charge in [0.05, 0.1) is 12.0 Å². The number of aliphatic carboxylic acids is 1. The SMILES string of the molecule is CCC1OCCC1C(=O)N1CCc2sccc2C1C(=O)O. The summed E-state index contributed by atoms with van der Waals surface area (Å²) in [4.78, 5) is 27.1. The van der Waals surface area contributed by atoms with Gasteiger partial charge in [-0.2, -0.15) is 0 Å². The van der Waals surface area contributed by atoms with E-state index in [-0.39, 0.29) is 17.9 Å². The van der Waals surface area contributed by atoms with E-state index in [9.17, 15) is 14.7 Å². The topological polar surface area (TPSA) is 66.8 Å². The van der Waals surface area contributed by atoms with E-state index in [0.29, 0.717) is 19.6 Å². The lowest BCUT2D eigenvalue weighted by molar-refractivity contribution is -0.154. The maximum Gasteiger partial charge on any atom is 0.331 e. The minimum absolute atomic E-state index is 0.0661. The van der Waals surface area contributed by atoms with Crippen LogP contribution in [0.5, 0.6) is 0 Å². The fraction of sp³-hybridized carbons (Fsp3) is 0.600. The van der Waals surface area contributed by atoms with E-state index in [1.807, 2.05) is 18.4 Å². The Bertz CT molecular complexity index is 556. The first-order valence-electron chi connectivity index (χ1n) is 7.34. The van der Waals surface area contributed by atoms with Gasteiger partial charge < -0.3 is 14.7 Å². The zero-order chi connectivity index (χ0) is 15.0. The number of hydrogen-bond acceptors (Lipinski definition) is 4. The quantitative estimate of drug-likeness (QED) is 0.928. The molecule has 0 aliphatic carbocycles. The van der Waals surface area contributed by atoms with Crippen LogP contribution in [0.4, 0.5) is 0 Å². The molecule has 21 heavy (non-hydrogen) atoms. The van der Waals surface area contributed by atoms with Gasteiger partial charge in [-0.05, 0) is 36.3 Å². The van der Waals surface area contributed by atoms with Crippen LogP contribution in [-0.4, -0.2) is 41.1 Å². The summed E-state index contributed by atoms with van der Waals surface area (Å²) in [6.07, 6.45) is 2.14. The van der Waals surface area contributed by atoms with Crippen LogP contribution in [0, 0.1) is 5.92 Å². The van der Waals surface area contributed by atoms with Gasteiger partial charge in [0, 0.05) is 18.0 Å². The van der Waals surface area contributed by atoms with Gasteiger partial charge in [-0.15, -0.1) is 11.3 Å². The molecule has 5 nitrogen and oxygen atoms in total. The highest BCUT2D eigenvalue weighted by Crippen LogP contribution is 2.36.